The lowest BCUT2D eigenvalue weighted by molar-refractivity contribution is -0.116. The first-order valence-electron chi connectivity index (χ1n) is 8.68. The molecular weight excluding hydrogens is 351 g/mol. The molecule has 0 fully saturated rings. The van der Waals surface area contributed by atoms with E-state index in [1.54, 1.807) is 24.3 Å². The number of hydrogen-bond donors (Lipinski definition) is 2. The monoisotopic (exact) mass is 374 g/mol. The van der Waals surface area contributed by atoms with Crippen LogP contribution in [0.5, 0.6) is 11.5 Å². The second-order valence-electron chi connectivity index (χ2n) is 5.68. The average molecular weight is 374 g/mol. The third-order valence-electron chi connectivity index (χ3n) is 3.74. The van der Waals surface area contributed by atoms with Crippen molar-refractivity contribution in [2.45, 2.75) is 19.8 Å². The van der Waals surface area contributed by atoms with Gasteiger partial charge in [0, 0.05) is 19.0 Å². The summed E-state index contributed by atoms with van der Waals surface area (Å²) in [5.41, 5.74) is 0.860. The zero-order valence-corrected chi connectivity index (χ0v) is 15.4. The molecule has 0 bridgehead atoms. The van der Waals surface area contributed by atoms with E-state index < -0.39 is 5.82 Å². The molecule has 0 saturated heterocycles. The minimum atomic E-state index is -0.445. The Morgan fingerprint density at radius 3 is 2.63 bits per heavy atom. The summed E-state index contributed by atoms with van der Waals surface area (Å²) in [6, 6.07) is 10.9. The van der Waals surface area contributed by atoms with E-state index >= 15 is 0 Å². The van der Waals surface area contributed by atoms with Gasteiger partial charge in [-0.2, -0.15) is 0 Å². The van der Waals surface area contributed by atoms with Crippen LogP contribution in [0.2, 0.25) is 0 Å². The van der Waals surface area contributed by atoms with Crippen molar-refractivity contribution in [3.05, 3.63) is 53.8 Å². The molecule has 0 aliphatic heterocycles. The topological polar surface area (TPSA) is 76.7 Å². The van der Waals surface area contributed by atoms with Crippen LogP contribution in [0.3, 0.4) is 0 Å². The Morgan fingerprint density at radius 2 is 1.89 bits per heavy atom. The second-order valence-corrected chi connectivity index (χ2v) is 5.68. The minimum absolute atomic E-state index is 0.202. The molecule has 2 amide bonds. The molecule has 0 atom stereocenters. The van der Waals surface area contributed by atoms with Gasteiger partial charge in [-0.1, -0.05) is 12.1 Å². The number of methoxy groups -OCH3 is 1. The molecule has 7 heteroatoms. The van der Waals surface area contributed by atoms with Crippen LogP contribution in [0, 0.1) is 5.82 Å². The number of carbonyl (C=O) groups is 2. The summed E-state index contributed by atoms with van der Waals surface area (Å²) in [4.78, 5) is 24.3. The molecule has 0 unspecified atom stereocenters. The van der Waals surface area contributed by atoms with E-state index in [9.17, 15) is 14.0 Å². The third-order valence-corrected chi connectivity index (χ3v) is 3.74. The van der Waals surface area contributed by atoms with Crippen molar-refractivity contribution in [1.29, 1.82) is 0 Å². The van der Waals surface area contributed by atoms with Crippen LogP contribution in [-0.4, -0.2) is 32.1 Å². The number of nitrogens with one attached hydrogen (secondary N) is 2. The van der Waals surface area contributed by atoms with Crippen molar-refractivity contribution in [1.82, 2.24) is 5.32 Å². The molecule has 144 valence electrons. The molecule has 0 aliphatic carbocycles. The number of hydrogen-bond acceptors (Lipinski definition) is 4. The molecule has 0 aromatic heterocycles. The van der Waals surface area contributed by atoms with Gasteiger partial charge in [0.25, 0.3) is 5.91 Å². The van der Waals surface area contributed by atoms with E-state index in [2.05, 4.69) is 10.6 Å². The Bertz CT molecular complexity index is 795. The molecular formula is C20H23FN2O4. The molecule has 0 saturated carbocycles. The first-order valence-corrected chi connectivity index (χ1v) is 8.68. The van der Waals surface area contributed by atoms with Gasteiger partial charge in [0.05, 0.1) is 25.0 Å². The molecule has 0 aliphatic rings. The van der Waals surface area contributed by atoms with E-state index in [1.165, 1.54) is 25.3 Å². The summed E-state index contributed by atoms with van der Waals surface area (Å²) in [5, 5.41) is 5.44. The molecule has 2 aromatic rings. The smallest absolute Gasteiger partial charge is 0.255 e. The number of ether oxygens (including phenoxy) is 2. The minimum Gasteiger partial charge on any atom is -0.494 e. The van der Waals surface area contributed by atoms with Crippen molar-refractivity contribution in [2.24, 2.45) is 0 Å². The van der Waals surface area contributed by atoms with Crippen LogP contribution >= 0.6 is 0 Å². The number of halogens is 1. The number of benzene rings is 2. The molecule has 0 radical (unpaired) electrons. The molecule has 0 spiro atoms. The van der Waals surface area contributed by atoms with Gasteiger partial charge in [0.2, 0.25) is 5.91 Å². The maximum atomic E-state index is 13.2. The lowest BCUT2D eigenvalue weighted by Crippen LogP contribution is -2.26. The van der Waals surface area contributed by atoms with Crippen LogP contribution in [0.4, 0.5) is 10.1 Å². The van der Waals surface area contributed by atoms with E-state index in [0.717, 1.165) is 0 Å². The summed E-state index contributed by atoms with van der Waals surface area (Å²) >= 11 is 0. The predicted molar refractivity (Wildman–Crippen MR) is 101 cm³/mol. The first-order chi connectivity index (χ1) is 13.0. The predicted octanol–water partition coefficient (Wildman–Crippen LogP) is 3.38. The first kappa shape index (κ1) is 20.2. The molecule has 2 aromatic carbocycles. The highest BCUT2D eigenvalue weighted by Crippen LogP contribution is 2.25. The fourth-order valence-corrected chi connectivity index (χ4v) is 2.46. The highest BCUT2D eigenvalue weighted by Gasteiger charge is 2.12. The van der Waals surface area contributed by atoms with Gasteiger partial charge in [0.1, 0.15) is 17.3 Å². The van der Waals surface area contributed by atoms with Gasteiger partial charge in [-0.25, -0.2) is 4.39 Å². The van der Waals surface area contributed by atoms with Crippen molar-refractivity contribution < 1.29 is 23.5 Å². The van der Waals surface area contributed by atoms with E-state index in [4.69, 9.17) is 9.47 Å². The molecule has 27 heavy (non-hydrogen) atoms. The van der Waals surface area contributed by atoms with Gasteiger partial charge in [-0.3, -0.25) is 9.59 Å². The Labute approximate surface area is 157 Å². The fourth-order valence-electron chi connectivity index (χ4n) is 2.46. The quantitative estimate of drug-likeness (QED) is 0.660. The van der Waals surface area contributed by atoms with Crippen LogP contribution < -0.4 is 20.1 Å². The second kappa shape index (κ2) is 10.2. The summed E-state index contributed by atoms with van der Waals surface area (Å²) in [5.74, 6) is -0.161. The number of carbonyl (C=O) groups excluding carboxylic acids is 2. The van der Waals surface area contributed by atoms with Crippen molar-refractivity contribution in [3.63, 3.8) is 0 Å². The normalized spacial score (nSPS) is 10.2. The highest BCUT2D eigenvalue weighted by atomic mass is 19.1. The molecule has 2 N–H and O–H groups in total. The summed E-state index contributed by atoms with van der Waals surface area (Å²) in [7, 11) is 1.40. The number of anilines is 1. The Balaban J connectivity index is 1.80. The largest absolute Gasteiger partial charge is 0.494 e. The maximum Gasteiger partial charge on any atom is 0.255 e. The standard InChI is InChI=1S/C20H23FN2O4/c1-3-27-17-8-5-4-7-15(17)20(25)22-12-6-9-19(24)23-16-11-10-14(21)13-18(16)26-2/h4-5,7-8,10-11,13H,3,6,9,12H2,1-2H3,(H,22,25)(H,23,24). The van der Waals surface area contributed by atoms with Crippen LogP contribution in [0.15, 0.2) is 42.5 Å². The number of para-hydroxylation sites is 1. The zero-order chi connectivity index (χ0) is 19.6. The SMILES string of the molecule is CCOc1ccccc1C(=O)NCCCC(=O)Nc1ccc(F)cc1OC. The Hall–Kier alpha value is -3.09. The Kier molecular flexibility index (Phi) is 7.61. The lowest BCUT2D eigenvalue weighted by Gasteiger charge is -2.11. The van der Waals surface area contributed by atoms with E-state index in [-0.39, 0.29) is 24.0 Å². The van der Waals surface area contributed by atoms with Crippen LogP contribution in [0.1, 0.15) is 30.1 Å². The number of amides is 2. The van der Waals surface area contributed by atoms with Gasteiger partial charge >= 0.3 is 0 Å². The van der Waals surface area contributed by atoms with E-state index in [0.29, 0.717) is 36.6 Å². The maximum absolute atomic E-state index is 13.2. The fraction of sp³-hybridized carbons (Fsp3) is 0.300. The molecule has 0 heterocycles. The summed E-state index contributed by atoms with van der Waals surface area (Å²) in [6.45, 7) is 2.66. The van der Waals surface area contributed by atoms with Gasteiger partial charge in [0.15, 0.2) is 0 Å². The summed E-state index contributed by atoms with van der Waals surface area (Å²) in [6.07, 6.45) is 0.659. The van der Waals surface area contributed by atoms with Crippen molar-refractivity contribution in [3.8, 4) is 11.5 Å². The lowest BCUT2D eigenvalue weighted by atomic mass is 10.2. The third kappa shape index (κ3) is 5.99. The van der Waals surface area contributed by atoms with Crippen molar-refractivity contribution in [2.75, 3.05) is 25.6 Å². The summed E-state index contributed by atoms with van der Waals surface area (Å²) < 4.78 is 23.6. The molecule has 6 nitrogen and oxygen atoms in total. The zero-order valence-electron chi connectivity index (χ0n) is 15.4. The number of rotatable bonds is 9. The van der Waals surface area contributed by atoms with Crippen LogP contribution in [-0.2, 0) is 4.79 Å². The van der Waals surface area contributed by atoms with Crippen molar-refractivity contribution >= 4 is 17.5 Å². The van der Waals surface area contributed by atoms with Gasteiger partial charge in [-0.15, -0.1) is 0 Å². The van der Waals surface area contributed by atoms with Crippen LogP contribution in [0.25, 0.3) is 0 Å². The highest BCUT2D eigenvalue weighted by molar-refractivity contribution is 5.97. The van der Waals surface area contributed by atoms with E-state index in [1.807, 2.05) is 6.92 Å². The molecule has 2 rings (SSSR count). The Morgan fingerprint density at radius 1 is 1.11 bits per heavy atom. The van der Waals surface area contributed by atoms with Gasteiger partial charge in [-0.05, 0) is 37.6 Å². The average Bonchev–Trinajstić information content (AvgIpc) is 2.67. The van der Waals surface area contributed by atoms with Gasteiger partial charge < -0.3 is 20.1 Å².